The van der Waals surface area contributed by atoms with E-state index in [0.717, 1.165) is 18.5 Å². The number of anilines is 1. The number of rotatable bonds is 7. The number of aromatic nitrogens is 6. The second-order valence-electron chi connectivity index (χ2n) is 5.52. The van der Waals surface area contributed by atoms with E-state index in [4.69, 9.17) is 0 Å². The summed E-state index contributed by atoms with van der Waals surface area (Å²) in [6.07, 6.45) is 7.47. The Balaban J connectivity index is 1.68. The van der Waals surface area contributed by atoms with Gasteiger partial charge in [-0.05, 0) is 31.0 Å². The van der Waals surface area contributed by atoms with E-state index in [0.29, 0.717) is 23.9 Å². The van der Waals surface area contributed by atoms with Crippen molar-refractivity contribution < 1.29 is 0 Å². The molecular weight excluding hydrogens is 316 g/mol. The fourth-order valence-electron chi connectivity index (χ4n) is 2.44. The lowest BCUT2D eigenvalue weighted by Crippen LogP contribution is -2.12. The molecule has 8 heteroatoms. The minimum atomic E-state index is -0.514. The molecule has 3 aromatic heterocycles. The van der Waals surface area contributed by atoms with Gasteiger partial charge in [0, 0.05) is 25.5 Å². The highest BCUT2D eigenvalue weighted by molar-refractivity contribution is 5.38. The Morgan fingerprint density at radius 1 is 1.32 bits per heavy atom. The molecule has 126 valence electrons. The van der Waals surface area contributed by atoms with Gasteiger partial charge < -0.3 is 5.32 Å². The van der Waals surface area contributed by atoms with Crippen LogP contribution < -0.4 is 5.32 Å². The number of hydrogen-bond donors (Lipinski definition) is 1. The first-order valence-electron chi connectivity index (χ1n) is 7.98. The summed E-state index contributed by atoms with van der Waals surface area (Å²) in [5.41, 5.74) is 2.23. The third-order valence-electron chi connectivity index (χ3n) is 3.71. The normalized spacial score (nSPS) is 11.7. The third kappa shape index (κ3) is 4.14. The highest BCUT2D eigenvalue weighted by Gasteiger charge is 2.19. The lowest BCUT2D eigenvalue weighted by atomic mass is 9.99. The van der Waals surface area contributed by atoms with Crippen LogP contribution in [0.3, 0.4) is 0 Å². The van der Waals surface area contributed by atoms with E-state index in [1.807, 2.05) is 25.1 Å². The van der Waals surface area contributed by atoms with Crippen LogP contribution in [0.15, 0.2) is 43.2 Å². The van der Waals surface area contributed by atoms with Gasteiger partial charge in [-0.2, -0.15) is 10.4 Å². The summed E-state index contributed by atoms with van der Waals surface area (Å²) in [6.45, 7) is 3.36. The second kappa shape index (κ2) is 7.97. The molecule has 0 saturated carbocycles. The Morgan fingerprint density at radius 2 is 2.24 bits per heavy atom. The van der Waals surface area contributed by atoms with Crippen LogP contribution in [0.2, 0.25) is 0 Å². The molecule has 1 N–H and O–H groups in total. The molecule has 3 heterocycles. The molecule has 8 nitrogen and oxygen atoms in total. The molecule has 0 aromatic carbocycles. The summed E-state index contributed by atoms with van der Waals surface area (Å²) in [7, 11) is 0. The Kier molecular flexibility index (Phi) is 5.26. The minimum absolute atomic E-state index is 0.510. The molecule has 0 aliphatic heterocycles. The van der Waals surface area contributed by atoms with E-state index < -0.39 is 5.92 Å². The van der Waals surface area contributed by atoms with Gasteiger partial charge in [-0.1, -0.05) is 6.07 Å². The number of pyridine rings is 1. The Hall–Kier alpha value is -3.34. The number of aryl methyl sites for hydroxylation is 2. The van der Waals surface area contributed by atoms with Crippen LogP contribution in [0.25, 0.3) is 0 Å². The topological polar surface area (TPSA) is 105 Å². The van der Waals surface area contributed by atoms with Gasteiger partial charge in [-0.3, -0.25) is 9.67 Å². The van der Waals surface area contributed by atoms with Crippen molar-refractivity contribution in [3.05, 3.63) is 60.2 Å². The van der Waals surface area contributed by atoms with Gasteiger partial charge in [0.15, 0.2) is 0 Å². The van der Waals surface area contributed by atoms with Gasteiger partial charge in [0.05, 0.1) is 17.5 Å². The van der Waals surface area contributed by atoms with Crippen molar-refractivity contribution in [1.82, 2.24) is 29.7 Å². The SMILES string of the molecule is Cc1cnc(NCCCn2cncn2)nc1C(C#N)c1ccccn1. The summed E-state index contributed by atoms with van der Waals surface area (Å²) in [5.74, 6) is -0.00438. The van der Waals surface area contributed by atoms with Crippen molar-refractivity contribution in [3.63, 3.8) is 0 Å². The van der Waals surface area contributed by atoms with Crippen LogP contribution in [-0.4, -0.2) is 36.3 Å². The molecule has 0 saturated heterocycles. The van der Waals surface area contributed by atoms with Gasteiger partial charge >= 0.3 is 0 Å². The largest absolute Gasteiger partial charge is 0.354 e. The fourth-order valence-corrected chi connectivity index (χ4v) is 2.44. The summed E-state index contributed by atoms with van der Waals surface area (Å²) in [6, 6.07) is 7.82. The summed E-state index contributed by atoms with van der Waals surface area (Å²) in [4.78, 5) is 17.0. The van der Waals surface area contributed by atoms with E-state index in [1.165, 1.54) is 6.33 Å². The fraction of sp³-hybridized carbons (Fsp3) is 0.294. The van der Waals surface area contributed by atoms with E-state index in [1.54, 1.807) is 23.4 Å². The van der Waals surface area contributed by atoms with Crippen LogP contribution in [0.5, 0.6) is 0 Å². The maximum absolute atomic E-state index is 9.58. The molecule has 0 aliphatic rings. The van der Waals surface area contributed by atoms with Gasteiger partial charge in [-0.15, -0.1) is 0 Å². The second-order valence-corrected chi connectivity index (χ2v) is 5.52. The van der Waals surface area contributed by atoms with E-state index in [2.05, 4.69) is 36.4 Å². The first kappa shape index (κ1) is 16.5. The maximum atomic E-state index is 9.58. The minimum Gasteiger partial charge on any atom is -0.354 e. The zero-order valence-electron chi connectivity index (χ0n) is 13.9. The molecule has 1 atom stereocenters. The first-order chi connectivity index (χ1) is 12.3. The lowest BCUT2D eigenvalue weighted by molar-refractivity contribution is 0.589. The molecule has 3 rings (SSSR count). The summed E-state index contributed by atoms with van der Waals surface area (Å²) < 4.78 is 1.77. The van der Waals surface area contributed by atoms with E-state index >= 15 is 0 Å². The quantitative estimate of drug-likeness (QED) is 0.658. The average molecular weight is 334 g/mol. The van der Waals surface area contributed by atoms with Crippen LogP contribution >= 0.6 is 0 Å². The van der Waals surface area contributed by atoms with Gasteiger partial charge in [0.1, 0.15) is 18.6 Å². The predicted molar refractivity (Wildman–Crippen MR) is 91.6 cm³/mol. The Bertz CT molecular complexity index is 839. The van der Waals surface area contributed by atoms with Crippen LogP contribution in [0.1, 0.15) is 29.3 Å². The summed E-state index contributed by atoms with van der Waals surface area (Å²) >= 11 is 0. The van der Waals surface area contributed by atoms with Gasteiger partial charge in [0.2, 0.25) is 5.95 Å². The van der Waals surface area contributed by atoms with Crippen LogP contribution in [0, 0.1) is 18.3 Å². The molecule has 0 bridgehead atoms. The van der Waals surface area contributed by atoms with Crippen molar-refractivity contribution in [2.24, 2.45) is 0 Å². The predicted octanol–water partition coefficient (Wildman–Crippen LogP) is 1.93. The van der Waals surface area contributed by atoms with Crippen molar-refractivity contribution in [2.45, 2.75) is 25.8 Å². The van der Waals surface area contributed by atoms with Crippen LogP contribution in [-0.2, 0) is 6.54 Å². The Morgan fingerprint density at radius 3 is 2.96 bits per heavy atom. The smallest absolute Gasteiger partial charge is 0.222 e. The number of nitriles is 1. The molecule has 0 amide bonds. The van der Waals surface area contributed by atoms with E-state index in [9.17, 15) is 5.26 Å². The monoisotopic (exact) mass is 334 g/mol. The third-order valence-corrected chi connectivity index (χ3v) is 3.71. The maximum Gasteiger partial charge on any atom is 0.222 e. The van der Waals surface area contributed by atoms with Crippen molar-refractivity contribution >= 4 is 5.95 Å². The first-order valence-corrected chi connectivity index (χ1v) is 7.98. The molecular formula is C17H18N8. The van der Waals surface area contributed by atoms with Crippen molar-refractivity contribution in [1.29, 1.82) is 5.26 Å². The molecule has 0 fully saturated rings. The highest BCUT2D eigenvalue weighted by atomic mass is 15.3. The number of hydrogen-bond acceptors (Lipinski definition) is 7. The van der Waals surface area contributed by atoms with Crippen molar-refractivity contribution in [2.75, 3.05) is 11.9 Å². The Labute approximate surface area is 145 Å². The zero-order valence-corrected chi connectivity index (χ0v) is 13.9. The molecule has 0 spiro atoms. The standard InChI is InChI=1S/C17H18N8/c1-13-10-22-17(21-7-4-8-25-12-19-11-23-25)24-16(13)14(9-18)15-5-2-3-6-20-15/h2-3,5-6,10-12,14H,4,7-8H2,1H3,(H,21,22,24). The number of nitrogens with one attached hydrogen (secondary N) is 1. The van der Waals surface area contributed by atoms with Gasteiger partial charge in [-0.25, -0.2) is 15.0 Å². The van der Waals surface area contributed by atoms with Crippen molar-refractivity contribution in [3.8, 4) is 6.07 Å². The lowest BCUT2D eigenvalue weighted by Gasteiger charge is -2.13. The van der Waals surface area contributed by atoms with E-state index in [-0.39, 0.29) is 0 Å². The average Bonchev–Trinajstić information content (AvgIpc) is 3.16. The molecule has 3 aromatic rings. The molecule has 0 aliphatic carbocycles. The molecule has 25 heavy (non-hydrogen) atoms. The summed E-state index contributed by atoms with van der Waals surface area (Å²) in [5, 5.41) is 16.8. The van der Waals surface area contributed by atoms with Gasteiger partial charge in [0.25, 0.3) is 0 Å². The van der Waals surface area contributed by atoms with Crippen LogP contribution in [0.4, 0.5) is 5.95 Å². The molecule has 1 unspecified atom stereocenters. The highest BCUT2D eigenvalue weighted by Crippen LogP contribution is 2.23. The number of nitrogens with zero attached hydrogens (tertiary/aromatic N) is 7. The zero-order chi connectivity index (χ0) is 17.5. The molecule has 0 radical (unpaired) electrons.